The van der Waals surface area contributed by atoms with Crippen molar-refractivity contribution < 1.29 is 42.9 Å². The molecule has 0 spiro atoms. The Balaban J connectivity index is 3.50. The van der Waals surface area contributed by atoms with Crippen LogP contribution in [0.25, 0.3) is 0 Å². The molecule has 0 aromatic carbocycles. The quantitative estimate of drug-likeness (QED) is 0.429. The van der Waals surface area contributed by atoms with Gasteiger partial charge in [-0.05, 0) is 83.1 Å². The Bertz CT molecular complexity index is 824. The summed E-state index contributed by atoms with van der Waals surface area (Å²) in [6.07, 6.45) is -6.20. The van der Waals surface area contributed by atoms with Crippen molar-refractivity contribution >= 4 is 23.9 Å². The first kappa shape index (κ1) is 31.8. The first-order chi connectivity index (χ1) is 16.0. The minimum atomic E-state index is -1.31. The normalized spacial score (nSPS) is 25.5. The van der Waals surface area contributed by atoms with Gasteiger partial charge in [0.25, 0.3) is 0 Å². The largest absolute Gasteiger partial charge is 0.462 e. The monoisotopic (exact) mass is 515 g/mol. The Morgan fingerprint density at radius 2 is 0.917 bits per heavy atom. The van der Waals surface area contributed by atoms with Crippen molar-refractivity contribution in [3.63, 3.8) is 0 Å². The second kappa shape index (κ2) is 11.0. The summed E-state index contributed by atoms with van der Waals surface area (Å²) < 4.78 is 28.5. The summed E-state index contributed by atoms with van der Waals surface area (Å²) in [6.45, 7) is 19.7. The van der Waals surface area contributed by atoms with E-state index in [9.17, 15) is 19.2 Å². The van der Waals surface area contributed by atoms with Crippen molar-refractivity contribution in [2.45, 2.75) is 114 Å². The molecule has 1 fully saturated rings. The van der Waals surface area contributed by atoms with Gasteiger partial charge in [0.2, 0.25) is 0 Å². The SMILES string of the molecule is CC(C)(C)C(=O)OCC1O[C@@H](N)C(OC(=O)C(C)(C)C)C(OC(=O)C(C)(C)C)[C@H]1OC(=O)C(C)(C)C. The van der Waals surface area contributed by atoms with Crippen LogP contribution in [0.3, 0.4) is 0 Å². The molecule has 0 aromatic heterocycles. The fraction of sp³-hybridized carbons (Fsp3) is 0.846. The van der Waals surface area contributed by atoms with E-state index in [0.717, 1.165) is 0 Å². The van der Waals surface area contributed by atoms with Crippen LogP contribution in [0, 0.1) is 21.7 Å². The molecule has 36 heavy (non-hydrogen) atoms. The van der Waals surface area contributed by atoms with Gasteiger partial charge < -0.3 is 29.4 Å². The van der Waals surface area contributed by atoms with Gasteiger partial charge in [0.05, 0.1) is 21.7 Å². The maximum Gasteiger partial charge on any atom is 0.311 e. The van der Waals surface area contributed by atoms with E-state index in [1.807, 2.05) is 0 Å². The van der Waals surface area contributed by atoms with E-state index in [4.69, 9.17) is 29.4 Å². The van der Waals surface area contributed by atoms with Crippen LogP contribution in [-0.2, 0) is 42.9 Å². The van der Waals surface area contributed by atoms with Crippen LogP contribution in [0.15, 0.2) is 0 Å². The molecule has 2 N–H and O–H groups in total. The number of nitrogens with two attached hydrogens (primary N) is 1. The number of carbonyl (C=O) groups is 4. The van der Waals surface area contributed by atoms with Gasteiger partial charge in [-0.2, -0.15) is 0 Å². The fourth-order valence-electron chi connectivity index (χ4n) is 2.76. The highest BCUT2D eigenvalue weighted by Crippen LogP contribution is 2.32. The highest BCUT2D eigenvalue weighted by molar-refractivity contribution is 5.78. The van der Waals surface area contributed by atoms with Crippen molar-refractivity contribution in [3.05, 3.63) is 0 Å². The molecule has 208 valence electrons. The van der Waals surface area contributed by atoms with E-state index in [0.29, 0.717) is 0 Å². The molecular weight excluding hydrogens is 470 g/mol. The Kier molecular flexibility index (Phi) is 9.77. The van der Waals surface area contributed by atoms with Crippen molar-refractivity contribution in [2.75, 3.05) is 6.61 Å². The van der Waals surface area contributed by atoms with Crippen LogP contribution in [0.5, 0.6) is 0 Å². The number of rotatable bonds is 5. The van der Waals surface area contributed by atoms with E-state index in [1.54, 1.807) is 83.1 Å². The van der Waals surface area contributed by atoms with E-state index >= 15 is 0 Å². The summed E-state index contributed by atoms with van der Waals surface area (Å²) in [5.41, 5.74) is 2.71. The Morgan fingerprint density at radius 3 is 1.28 bits per heavy atom. The first-order valence-electron chi connectivity index (χ1n) is 12.2. The number of carbonyl (C=O) groups excluding carboxylic acids is 4. The first-order valence-corrected chi connectivity index (χ1v) is 12.2. The number of ether oxygens (including phenoxy) is 5. The smallest absolute Gasteiger partial charge is 0.311 e. The third-order valence-electron chi connectivity index (χ3n) is 5.23. The fourth-order valence-corrected chi connectivity index (χ4v) is 2.76. The van der Waals surface area contributed by atoms with E-state index in [1.165, 1.54) is 0 Å². The molecule has 1 saturated heterocycles. The third kappa shape index (κ3) is 8.73. The molecule has 0 saturated carbocycles. The van der Waals surface area contributed by atoms with E-state index in [2.05, 4.69) is 0 Å². The van der Waals surface area contributed by atoms with Gasteiger partial charge in [-0.3, -0.25) is 19.2 Å². The topological polar surface area (TPSA) is 140 Å². The lowest BCUT2D eigenvalue weighted by atomic mass is 9.92. The lowest BCUT2D eigenvalue weighted by Crippen LogP contribution is -2.65. The van der Waals surface area contributed by atoms with Crippen molar-refractivity contribution in [1.29, 1.82) is 0 Å². The minimum absolute atomic E-state index is 0.324. The van der Waals surface area contributed by atoms with E-state index in [-0.39, 0.29) is 6.61 Å². The van der Waals surface area contributed by atoms with Crippen molar-refractivity contribution in [1.82, 2.24) is 0 Å². The molecule has 10 nitrogen and oxygen atoms in total. The van der Waals surface area contributed by atoms with Crippen LogP contribution < -0.4 is 5.73 Å². The molecule has 3 unspecified atom stereocenters. The Hall–Kier alpha value is -2.20. The molecule has 10 heteroatoms. The van der Waals surface area contributed by atoms with Crippen LogP contribution >= 0.6 is 0 Å². The zero-order valence-electron chi connectivity index (χ0n) is 23.8. The molecule has 1 aliphatic heterocycles. The van der Waals surface area contributed by atoms with Gasteiger partial charge in [-0.15, -0.1) is 0 Å². The molecule has 1 aliphatic rings. The summed E-state index contributed by atoms with van der Waals surface area (Å²) in [7, 11) is 0. The molecule has 5 atom stereocenters. The number of hydrogen-bond acceptors (Lipinski definition) is 10. The summed E-state index contributed by atoms with van der Waals surface area (Å²) >= 11 is 0. The van der Waals surface area contributed by atoms with Gasteiger partial charge in [0.15, 0.2) is 18.3 Å². The van der Waals surface area contributed by atoms with Crippen molar-refractivity contribution in [2.24, 2.45) is 27.4 Å². The van der Waals surface area contributed by atoms with Gasteiger partial charge >= 0.3 is 23.9 Å². The van der Waals surface area contributed by atoms with Gasteiger partial charge in [-0.1, -0.05) is 0 Å². The Labute approximate surface area is 214 Å². The molecule has 0 bridgehead atoms. The zero-order valence-corrected chi connectivity index (χ0v) is 23.8. The van der Waals surface area contributed by atoms with Gasteiger partial charge in [0, 0.05) is 0 Å². The summed E-state index contributed by atoms with van der Waals surface area (Å²) in [6, 6.07) is 0. The lowest BCUT2D eigenvalue weighted by molar-refractivity contribution is -0.259. The number of hydrogen-bond donors (Lipinski definition) is 1. The highest BCUT2D eigenvalue weighted by Gasteiger charge is 2.53. The number of esters is 4. The molecule has 1 heterocycles. The van der Waals surface area contributed by atoms with Crippen LogP contribution in [0.1, 0.15) is 83.1 Å². The van der Waals surface area contributed by atoms with Crippen LogP contribution in [-0.4, -0.2) is 61.1 Å². The third-order valence-corrected chi connectivity index (χ3v) is 5.23. The standard InChI is InChI=1S/C26H45NO9/c1-23(2,3)19(28)32-13-14-15(34-20(29)24(4,5)6)16(35-21(30)25(7,8)9)17(18(27)33-14)36-22(31)26(10,11)12/h14-18H,13,27H2,1-12H3/t14?,15-,16?,17?,18+/m0/s1. The molecular formula is C26H45NO9. The molecule has 0 radical (unpaired) electrons. The lowest BCUT2D eigenvalue weighted by Gasteiger charge is -2.45. The van der Waals surface area contributed by atoms with Crippen molar-refractivity contribution in [3.8, 4) is 0 Å². The predicted octanol–water partition coefficient (Wildman–Crippen LogP) is 3.13. The summed E-state index contributed by atoms with van der Waals surface area (Å²) in [4.78, 5) is 51.0. The average Bonchev–Trinajstić information content (AvgIpc) is 2.67. The van der Waals surface area contributed by atoms with Crippen LogP contribution in [0.4, 0.5) is 0 Å². The van der Waals surface area contributed by atoms with Crippen LogP contribution in [0.2, 0.25) is 0 Å². The average molecular weight is 516 g/mol. The molecule has 0 amide bonds. The molecule has 0 aromatic rings. The maximum atomic E-state index is 12.9. The maximum absolute atomic E-state index is 12.9. The zero-order chi connectivity index (χ0) is 28.4. The molecule has 0 aliphatic carbocycles. The summed E-state index contributed by atoms with van der Waals surface area (Å²) in [5.74, 6) is -2.36. The van der Waals surface area contributed by atoms with E-state index < -0.39 is 76.2 Å². The highest BCUT2D eigenvalue weighted by atomic mass is 16.7. The Morgan fingerprint density at radius 1 is 0.583 bits per heavy atom. The molecule has 1 rings (SSSR count). The predicted molar refractivity (Wildman–Crippen MR) is 131 cm³/mol. The van der Waals surface area contributed by atoms with Gasteiger partial charge in [-0.25, -0.2) is 0 Å². The second-order valence-corrected chi connectivity index (χ2v) is 13.3. The second-order valence-electron chi connectivity index (χ2n) is 13.3. The van der Waals surface area contributed by atoms with Gasteiger partial charge in [0.1, 0.15) is 18.9 Å². The minimum Gasteiger partial charge on any atom is -0.462 e. The summed E-state index contributed by atoms with van der Waals surface area (Å²) in [5, 5.41) is 0.